The number of aliphatic hydroxyl groups is 1. The van der Waals surface area contributed by atoms with Crippen molar-refractivity contribution in [2.24, 2.45) is 0 Å². The Hall–Kier alpha value is -3.11. The van der Waals surface area contributed by atoms with Gasteiger partial charge < -0.3 is 9.84 Å². The number of aromatic nitrogens is 4. The number of carbonyl (C=O) groups excluding carboxylic acids is 1. The van der Waals surface area contributed by atoms with Crippen molar-refractivity contribution >= 4 is 17.5 Å². The highest BCUT2D eigenvalue weighted by Crippen LogP contribution is 2.21. The summed E-state index contributed by atoms with van der Waals surface area (Å²) in [6, 6.07) is 3.00. The molecule has 3 rings (SSSR count). The number of rotatable bonds is 6. The van der Waals surface area contributed by atoms with Crippen LogP contribution in [-0.4, -0.2) is 36.7 Å². The Morgan fingerprint density at radius 2 is 2.10 bits per heavy atom. The Morgan fingerprint density at radius 1 is 1.34 bits per heavy atom. The number of nitrogens with zero attached hydrogens (tertiary/aromatic N) is 4. The van der Waals surface area contributed by atoms with Crippen LogP contribution in [0, 0.1) is 18.6 Å². The maximum atomic E-state index is 13.7. The van der Waals surface area contributed by atoms with Crippen molar-refractivity contribution in [3.05, 3.63) is 69.1 Å². The van der Waals surface area contributed by atoms with E-state index in [1.54, 1.807) is 0 Å². The molecule has 0 aliphatic rings. The molecule has 3 aromatic rings. The first-order valence-electron chi connectivity index (χ1n) is 8.36. The summed E-state index contributed by atoms with van der Waals surface area (Å²) in [6.45, 7) is 0.864. The van der Waals surface area contributed by atoms with Gasteiger partial charge in [-0.25, -0.2) is 18.3 Å². The molecule has 152 valence electrons. The Bertz CT molecular complexity index is 1130. The van der Waals surface area contributed by atoms with Crippen LogP contribution in [-0.2, 0) is 6.61 Å². The van der Waals surface area contributed by atoms with Gasteiger partial charge in [0.15, 0.2) is 10.8 Å². The van der Waals surface area contributed by atoms with Crippen LogP contribution < -0.4 is 10.3 Å². The monoisotopic (exact) mass is 424 g/mol. The number of hydrogen-bond acceptors (Lipinski definition) is 6. The molecular weight excluding hydrogens is 410 g/mol. The molecule has 0 bridgehead atoms. The topological polar surface area (TPSA) is 99.2 Å². The van der Waals surface area contributed by atoms with E-state index in [0.29, 0.717) is 6.07 Å². The third-order valence-corrected chi connectivity index (χ3v) is 4.28. The zero-order valence-corrected chi connectivity index (χ0v) is 15.9. The van der Waals surface area contributed by atoms with Gasteiger partial charge in [-0.3, -0.25) is 14.2 Å². The van der Waals surface area contributed by atoms with Gasteiger partial charge in [0.2, 0.25) is 11.8 Å². The Labute approximate surface area is 168 Å². The second-order valence-corrected chi connectivity index (χ2v) is 6.33. The normalized spacial score (nSPS) is 10.9. The number of imidazole rings is 1. The number of carbonyl (C=O) groups is 1. The predicted octanol–water partition coefficient (Wildman–Crippen LogP) is 2.27. The van der Waals surface area contributed by atoms with Gasteiger partial charge in [0.25, 0.3) is 5.56 Å². The van der Waals surface area contributed by atoms with Crippen LogP contribution in [0.2, 0.25) is 5.02 Å². The minimum atomic E-state index is -0.802. The van der Waals surface area contributed by atoms with Crippen LogP contribution in [0.5, 0.6) is 5.88 Å². The van der Waals surface area contributed by atoms with Crippen molar-refractivity contribution in [1.29, 1.82) is 0 Å². The number of aryl methyl sites for hydroxylation is 1. The molecular formula is C18H15ClF2N4O4. The highest BCUT2D eigenvalue weighted by atomic mass is 35.5. The average Bonchev–Trinajstić information content (AvgIpc) is 3.15. The smallest absolute Gasteiger partial charge is 0.282 e. The van der Waals surface area contributed by atoms with Gasteiger partial charge >= 0.3 is 0 Å². The van der Waals surface area contributed by atoms with Gasteiger partial charge in [-0.15, -0.1) is 0 Å². The van der Waals surface area contributed by atoms with E-state index in [1.807, 2.05) is 0 Å². The molecule has 29 heavy (non-hydrogen) atoms. The zero-order valence-electron chi connectivity index (χ0n) is 15.1. The van der Waals surface area contributed by atoms with Crippen LogP contribution in [0.4, 0.5) is 8.78 Å². The summed E-state index contributed by atoms with van der Waals surface area (Å²) in [5.41, 5.74) is -0.638. The van der Waals surface area contributed by atoms with Gasteiger partial charge in [0, 0.05) is 11.6 Å². The third-order valence-electron chi connectivity index (χ3n) is 3.96. The first kappa shape index (κ1) is 20.6. The molecule has 0 aliphatic carbocycles. The maximum absolute atomic E-state index is 13.7. The molecule has 8 nitrogen and oxygen atoms in total. The van der Waals surface area contributed by atoms with E-state index in [1.165, 1.54) is 25.5 Å². The van der Waals surface area contributed by atoms with Crippen LogP contribution in [0.25, 0.3) is 5.82 Å². The lowest BCUT2D eigenvalue weighted by Crippen LogP contribution is -2.24. The molecule has 11 heteroatoms. The summed E-state index contributed by atoms with van der Waals surface area (Å²) >= 11 is 6.06. The second-order valence-electron chi connectivity index (χ2n) is 5.95. The molecule has 0 saturated heterocycles. The number of halogens is 3. The molecule has 0 spiro atoms. The van der Waals surface area contributed by atoms with Gasteiger partial charge in [0.05, 0.1) is 19.2 Å². The summed E-state index contributed by atoms with van der Waals surface area (Å²) in [4.78, 5) is 32.6. The van der Waals surface area contributed by atoms with Crippen molar-refractivity contribution in [2.45, 2.75) is 20.0 Å². The summed E-state index contributed by atoms with van der Waals surface area (Å²) < 4.78 is 34.3. The molecule has 2 heterocycles. The quantitative estimate of drug-likeness (QED) is 0.651. The largest absolute Gasteiger partial charge is 0.471 e. The average molecular weight is 425 g/mol. The Kier molecular flexibility index (Phi) is 6.04. The first-order chi connectivity index (χ1) is 13.8. The lowest BCUT2D eigenvalue weighted by atomic mass is 10.2. The molecule has 0 atom stereocenters. The molecule has 0 radical (unpaired) electrons. The van der Waals surface area contributed by atoms with Crippen LogP contribution in [0.3, 0.4) is 0 Å². The molecule has 0 aliphatic heterocycles. The molecule has 2 aromatic heterocycles. The van der Waals surface area contributed by atoms with Gasteiger partial charge in [-0.05, 0) is 19.1 Å². The molecule has 1 aromatic carbocycles. The van der Waals surface area contributed by atoms with E-state index in [2.05, 4.69) is 9.97 Å². The summed E-state index contributed by atoms with van der Waals surface area (Å²) in [6.07, 6.45) is 2.41. The number of aliphatic hydroxyl groups excluding tert-OH is 1. The Balaban J connectivity index is 1.88. The van der Waals surface area contributed by atoms with Crippen LogP contribution in [0.1, 0.15) is 22.6 Å². The molecule has 0 saturated carbocycles. The summed E-state index contributed by atoms with van der Waals surface area (Å²) in [7, 11) is 0. The van der Waals surface area contributed by atoms with Crippen molar-refractivity contribution in [3.8, 4) is 11.7 Å². The van der Waals surface area contributed by atoms with E-state index < -0.39 is 23.1 Å². The lowest BCUT2D eigenvalue weighted by molar-refractivity contribution is 0.0875. The van der Waals surface area contributed by atoms with Crippen molar-refractivity contribution in [1.82, 2.24) is 19.1 Å². The van der Waals surface area contributed by atoms with E-state index in [-0.39, 0.29) is 47.7 Å². The van der Waals surface area contributed by atoms with Gasteiger partial charge in [-0.2, -0.15) is 4.98 Å². The number of hydrogen-bond donors (Lipinski definition) is 1. The summed E-state index contributed by atoms with van der Waals surface area (Å²) in [5.74, 6) is -1.89. The van der Waals surface area contributed by atoms with E-state index in [4.69, 9.17) is 21.4 Å². The highest BCUT2D eigenvalue weighted by molar-refractivity contribution is 6.31. The van der Waals surface area contributed by atoms with Crippen molar-refractivity contribution < 1.29 is 23.4 Å². The lowest BCUT2D eigenvalue weighted by Gasteiger charge is -2.12. The fraction of sp³-hybridized carbons (Fsp3) is 0.222. The third kappa shape index (κ3) is 4.33. The van der Waals surface area contributed by atoms with Crippen LogP contribution in [0.15, 0.2) is 35.5 Å². The standard InChI is InChI=1S/C18H15ClF2N4O4/c1-10-23-17(29-8-11-2-3-12(20)6-13(11)21)16(19)18(28)25(10)14-7-24(9-22-14)15(27)4-5-26/h2-3,6-7,9,26H,4-5,8H2,1H3. The highest BCUT2D eigenvalue weighted by Gasteiger charge is 2.18. The second kappa shape index (κ2) is 8.50. The molecule has 0 amide bonds. The van der Waals surface area contributed by atoms with E-state index >= 15 is 0 Å². The summed E-state index contributed by atoms with van der Waals surface area (Å²) in [5, 5.41) is 8.48. The van der Waals surface area contributed by atoms with Crippen molar-refractivity contribution in [2.75, 3.05) is 6.61 Å². The number of ether oxygens (including phenoxy) is 1. The minimum Gasteiger partial charge on any atom is -0.471 e. The molecule has 0 unspecified atom stereocenters. The number of benzene rings is 1. The molecule has 0 fully saturated rings. The minimum absolute atomic E-state index is 0.0623. The predicted molar refractivity (Wildman–Crippen MR) is 98.4 cm³/mol. The Morgan fingerprint density at radius 3 is 2.79 bits per heavy atom. The molecule has 1 N–H and O–H groups in total. The first-order valence-corrected chi connectivity index (χ1v) is 8.74. The SMILES string of the molecule is Cc1nc(OCc2ccc(F)cc2F)c(Cl)c(=O)n1-c1cn(C(=O)CCO)cn1. The van der Waals surface area contributed by atoms with Gasteiger partial charge in [-0.1, -0.05) is 11.6 Å². The fourth-order valence-corrected chi connectivity index (χ4v) is 2.70. The van der Waals surface area contributed by atoms with Gasteiger partial charge in [0.1, 0.15) is 30.4 Å². The van der Waals surface area contributed by atoms with E-state index in [0.717, 1.165) is 15.2 Å². The maximum Gasteiger partial charge on any atom is 0.282 e. The van der Waals surface area contributed by atoms with Crippen molar-refractivity contribution in [3.63, 3.8) is 0 Å². The van der Waals surface area contributed by atoms with Crippen LogP contribution >= 0.6 is 11.6 Å². The van der Waals surface area contributed by atoms with E-state index in [9.17, 15) is 18.4 Å². The zero-order chi connectivity index (χ0) is 21.1. The fourth-order valence-electron chi connectivity index (χ4n) is 2.52.